The van der Waals surface area contributed by atoms with Crippen LogP contribution >= 0.6 is 11.6 Å². The molecule has 0 unspecified atom stereocenters. The van der Waals surface area contributed by atoms with Gasteiger partial charge in [-0.05, 0) is 227 Å². The summed E-state index contributed by atoms with van der Waals surface area (Å²) in [6.45, 7) is 34.9. The summed E-state index contributed by atoms with van der Waals surface area (Å²) in [5, 5.41) is 38.4. The van der Waals surface area contributed by atoms with E-state index in [0.717, 1.165) is 67.4 Å². The summed E-state index contributed by atoms with van der Waals surface area (Å²) in [6.07, 6.45) is 6.41. The molecule has 9 N–H and O–H groups in total. The lowest BCUT2D eigenvalue weighted by Gasteiger charge is -2.19. The van der Waals surface area contributed by atoms with Crippen LogP contribution in [0.2, 0.25) is 5.02 Å². The maximum Gasteiger partial charge on any atom is 0.229 e. The Hall–Kier alpha value is -11.5. The number of aliphatic hydroxyl groups is 1. The Morgan fingerprint density at radius 2 is 0.817 bits per heavy atom. The van der Waals surface area contributed by atoms with Crippen LogP contribution in [0.25, 0.3) is 33.8 Å². The van der Waals surface area contributed by atoms with Crippen molar-refractivity contribution in [3.63, 3.8) is 0 Å². The van der Waals surface area contributed by atoms with E-state index < -0.39 is 45.3 Å². The minimum atomic E-state index is -3.54. The number of aryl methyl sites for hydroxylation is 7. The molecule has 115 heavy (non-hydrogen) atoms. The minimum absolute atomic E-state index is 0.0363. The summed E-state index contributed by atoms with van der Waals surface area (Å²) < 4.78 is 101. The molecule has 28 nitrogen and oxygen atoms in total. The maximum absolute atomic E-state index is 12.9. The van der Waals surface area contributed by atoms with Gasteiger partial charge in [-0.3, -0.25) is 5.10 Å². The third-order valence-corrected chi connectivity index (χ3v) is 24.6. The molecule has 0 bridgehead atoms. The Balaban J connectivity index is 0.000000182. The molecule has 0 radical (unpaired) electrons. The molecule has 0 aliphatic carbocycles. The molecule has 6 aromatic heterocycles. The molecule has 6 heterocycles. The smallest absolute Gasteiger partial charge is 0.229 e. The molecule has 0 atom stereocenters. The maximum atomic E-state index is 12.9. The standard InChI is InChI=1S/C28H34N6O3S.C28H33N5O5S.C27H31ClN6O3S/c1-16(2)37-25-12-18(5)21(24-15-29-20(7)31-24)13-23(25)33-28-30-14-19(6)27(34-28)32-22-10-8-9-11-26(22)38(35,36)17(3)4;1-16(2)37-25-11-18(5)21(24-12-20(15-34)33-38-24)13-23(25)31-28-29-14-19(6)27(32-28)30-22-9-7-8-10-26(22)39(35,36)17(3)4;1-15(2)37-24-11-17(5)19(22-12-18(6)33-34-22)13-23(24)31-27-29-14-20(28)26(32-27)30-21-9-7-8-10-25(21)38(35,36)16(3)4/h8-17H,1-7H3,(H,29,31)(H2,30,32,33,34);7-14,16-17,34H,15H2,1-6H3,(H2,29,30,31,32);7-16H,1-6H3,(H,33,34)(H2,29,30,31,32). The number of ether oxygens (including phenoxy) is 3. The van der Waals surface area contributed by atoms with Crippen LogP contribution in [0.5, 0.6) is 17.2 Å². The Morgan fingerprint density at radius 1 is 0.435 bits per heavy atom. The first-order valence-corrected chi connectivity index (χ1v) is 42.3. The van der Waals surface area contributed by atoms with Gasteiger partial charge in [-0.1, -0.05) is 53.2 Å². The average molecular weight is 1640 g/mol. The molecule has 6 aromatic carbocycles. The number of para-hydroxylation sites is 3. The zero-order valence-corrected chi connectivity index (χ0v) is 70.9. The highest BCUT2D eigenvalue weighted by molar-refractivity contribution is 7.92. The highest BCUT2D eigenvalue weighted by Gasteiger charge is 2.28. The van der Waals surface area contributed by atoms with Crippen LogP contribution in [0.4, 0.5) is 69.4 Å². The number of sulfone groups is 3. The molecule has 32 heteroatoms. The van der Waals surface area contributed by atoms with E-state index in [1.807, 2.05) is 132 Å². The zero-order valence-electron chi connectivity index (χ0n) is 67.7. The molecule has 0 spiro atoms. The van der Waals surface area contributed by atoms with Crippen LogP contribution in [0.1, 0.15) is 128 Å². The summed E-state index contributed by atoms with van der Waals surface area (Å²) in [6, 6.07) is 35.5. The third kappa shape index (κ3) is 21.1. The van der Waals surface area contributed by atoms with Gasteiger partial charge < -0.3 is 60.7 Å². The van der Waals surface area contributed by atoms with Crippen LogP contribution in [0, 0.1) is 48.5 Å². The highest BCUT2D eigenvalue weighted by Crippen LogP contribution is 2.41. The number of halogens is 1. The molecule has 0 saturated carbocycles. The number of anilines is 12. The monoisotopic (exact) mass is 1640 g/mol. The van der Waals surface area contributed by atoms with Crippen molar-refractivity contribution in [2.75, 3.05) is 31.9 Å². The lowest BCUT2D eigenvalue weighted by molar-refractivity contribution is 0.243. The van der Waals surface area contributed by atoms with Gasteiger partial charge in [0.1, 0.15) is 45.4 Å². The van der Waals surface area contributed by atoms with Gasteiger partial charge in [0.2, 0.25) is 17.8 Å². The molecule has 0 aliphatic heterocycles. The molecular weight excluding hydrogens is 1540 g/mol. The largest absolute Gasteiger partial charge is 0.489 e. The summed E-state index contributed by atoms with van der Waals surface area (Å²) in [7, 11) is -10.6. The Morgan fingerprint density at radius 3 is 1.20 bits per heavy atom. The number of aliphatic hydroxyl groups excluding tert-OH is 1. The number of hydrogen-bond acceptors (Lipinski definition) is 26. The van der Waals surface area contributed by atoms with E-state index in [9.17, 15) is 30.4 Å². The van der Waals surface area contributed by atoms with E-state index in [1.165, 1.54) is 6.20 Å². The first-order chi connectivity index (χ1) is 54.4. The van der Waals surface area contributed by atoms with Crippen LogP contribution in [0.3, 0.4) is 0 Å². The van der Waals surface area contributed by atoms with E-state index >= 15 is 0 Å². The predicted octanol–water partition coefficient (Wildman–Crippen LogP) is 18.5. The van der Waals surface area contributed by atoms with Crippen molar-refractivity contribution in [3.8, 4) is 51.1 Å². The molecular formula is C83H98ClN17O11S3. The fraction of sp³-hybridized carbons (Fsp3) is 0.313. The second kappa shape index (κ2) is 36.7. The van der Waals surface area contributed by atoms with Gasteiger partial charge in [-0.25, -0.2) is 45.2 Å². The number of nitrogens with one attached hydrogen (secondary N) is 8. The second-order valence-corrected chi connectivity index (χ2v) is 36.8. The zero-order chi connectivity index (χ0) is 83.5. The van der Waals surface area contributed by atoms with Crippen LogP contribution in [-0.2, 0) is 36.1 Å². The molecule has 0 amide bonds. The average Bonchev–Trinajstić information content (AvgIpc) is 1.49. The predicted molar refractivity (Wildman–Crippen MR) is 453 cm³/mol. The summed E-state index contributed by atoms with van der Waals surface area (Å²) in [5.41, 5.74) is 13.4. The Kier molecular flexibility index (Phi) is 27.5. The van der Waals surface area contributed by atoms with Crippen molar-refractivity contribution < 1.29 is 49.1 Å². The first kappa shape index (κ1) is 85.9. The number of hydrogen-bond donors (Lipinski definition) is 9. The molecule has 606 valence electrons. The topological polar surface area (TPSA) is 383 Å². The van der Waals surface area contributed by atoms with Crippen molar-refractivity contribution in [2.24, 2.45) is 0 Å². The number of aromatic amines is 2. The van der Waals surface area contributed by atoms with E-state index in [4.69, 9.17) is 30.3 Å². The lowest BCUT2D eigenvalue weighted by Crippen LogP contribution is -2.16. The van der Waals surface area contributed by atoms with Crippen molar-refractivity contribution in [1.82, 2.24) is 55.2 Å². The van der Waals surface area contributed by atoms with E-state index in [0.29, 0.717) is 80.4 Å². The lowest BCUT2D eigenvalue weighted by atomic mass is 10.0. The van der Waals surface area contributed by atoms with Crippen LogP contribution in [0.15, 0.2) is 165 Å². The van der Waals surface area contributed by atoms with Crippen molar-refractivity contribution in [1.29, 1.82) is 0 Å². The quantitative estimate of drug-likeness (QED) is 0.0220. The number of imidazole rings is 1. The number of H-pyrrole nitrogens is 2. The van der Waals surface area contributed by atoms with Crippen molar-refractivity contribution in [2.45, 2.75) is 187 Å². The van der Waals surface area contributed by atoms with Crippen LogP contribution in [-0.4, -0.2) is 120 Å². The van der Waals surface area contributed by atoms with Gasteiger partial charge in [-0.15, -0.1) is 0 Å². The van der Waals surface area contributed by atoms with Gasteiger partial charge in [0.05, 0.1) is 113 Å². The fourth-order valence-corrected chi connectivity index (χ4v) is 15.3. The highest BCUT2D eigenvalue weighted by atomic mass is 35.5. The first-order valence-electron chi connectivity index (χ1n) is 37.3. The Bertz CT molecular complexity index is 5600. The van der Waals surface area contributed by atoms with Gasteiger partial charge in [-0.2, -0.15) is 20.1 Å². The molecule has 0 aliphatic rings. The summed E-state index contributed by atoms with van der Waals surface area (Å²) in [4.78, 5) is 35.3. The normalized spacial score (nSPS) is 11.7. The van der Waals surface area contributed by atoms with E-state index in [1.54, 1.807) is 139 Å². The Labute approximate surface area is 676 Å². The number of aromatic nitrogens is 11. The SMILES string of the molecule is Cc1cc(-c2cc(Nc3ncc(Cl)c(Nc4ccccc4S(=O)(=O)C(C)C)n3)c(OC(C)C)cc2C)n[nH]1.Cc1cc(OC(C)C)c(Nc2ncc(C)c(Nc3ccccc3S(=O)(=O)C(C)C)n2)cc1-c1cc(CO)no1.Cc1ncc(-c2cc(Nc3ncc(C)c(Nc4ccccc4S(=O)(=O)C(C)C)n3)c(OC(C)C)cc2C)[nH]1. The number of rotatable bonds is 28. The van der Waals surface area contributed by atoms with Gasteiger partial charge in [0, 0.05) is 52.0 Å². The molecule has 0 saturated heterocycles. The molecule has 12 rings (SSSR count). The summed E-state index contributed by atoms with van der Waals surface area (Å²) in [5.74, 6) is 5.33. The molecule has 0 fully saturated rings. The summed E-state index contributed by atoms with van der Waals surface area (Å²) >= 11 is 6.41. The third-order valence-electron chi connectivity index (χ3n) is 17.7. The van der Waals surface area contributed by atoms with Gasteiger partial charge in [0.25, 0.3) is 0 Å². The number of benzene rings is 6. The van der Waals surface area contributed by atoms with Crippen molar-refractivity contribution >= 4 is 111 Å². The van der Waals surface area contributed by atoms with Gasteiger partial charge >= 0.3 is 0 Å². The second-order valence-electron chi connectivity index (χ2n) is 29.0. The van der Waals surface area contributed by atoms with Crippen LogP contribution < -0.4 is 46.1 Å². The van der Waals surface area contributed by atoms with E-state index in [-0.39, 0.29) is 62.3 Å². The number of nitrogens with zero attached hydrogens (tertiary/aromatic N) is 9. The molecule has 12 aromatic rings. The fourth-order valence-electron chi connectivity index (χ4n) is 11.6. The van der Waals surface area contributed by atoms with Crippen molar-refractivity contribution in [3.05, 3.63) is 196 Å². The van der Waals surface area contributed by atoms with Gasteiger partial charge in [0.15, 0.2) is 41.1 Å². The van der Waals surface area contributed by atoms with E-state index in [2.05, 4.69) is 87.1 Å². The minimum Gasteiger partial charge on any atom is -0.489 e.